The standard InChI is InChI=1S/C25H50N2O4SSi2/c1-17(2)24(5,6)33(9,10)29-16-20-19(31-34(11,12)25(7,8)18(3)4)15-22(30-20)27-14-13-21(32)26-23(27)28/h17-20,22H,13-16H2,1-12H3,(H,26,28,32)/t19-,20+,22+/m0/s1. The minimum atomic E-state index is -2.10. The molecule has 0 aromatic carbocycles. The van der Waals surface area contributed by atoms with E-state index in [2.05, 4.69) is 86.9 Å². The first-order chi connectivity index (χ1) is 15.3. The maximum absolute atomic E-state index is 12.7. The van der Waals surface area contributed by atoms with Gasteiger partial charge in [-0.15, -0.1) is 0 Å². The smallest absolute Gasteiger partial charge is 0.324 e. The number of hydrogen-bond acceptors (Lipinski definition) is 5. The number of nitrogens with zero attached hydrogens (tertiary/aromatic N) is 1. The van der Waals surface area contributed by atoms with E-state index in [1.54, 1.807) is 4.90 Å². The minimum Gasteiger partial charge on any atom is -0.414 e. The first-order valence-corrected chi connectivity index (χ1v) is 19.1. The van der Waals surface area contributed by atoms with E-state index in [9.17, 15) is 4.79 Å². The highest BCUT2D eigenvalue weighted by molar-refractivity contribution is 7.80. The zero-order valence-corrected chi connectivity index (χ0v) is 26.5. The third-order valence-corrected chi connectivity index (χ3v) is 19.1. The Hall–Kier alpha value is -0.326. The molecule has 0 saturated carbocycles. The van der Waals surface area contributed by atoms with Crippen molar-refractivity contribution in [1.82, 2.24) is 10.2 Å². The van der Waals surface area contributed by atoms with Crippen LogP contribution in [0.3, 0.4) is 0 Å². The van der Waals surface area contributed by atoms with Crippen LogP contribution in [0.1, 0.15) is 68.2 Å². The molecule has 3 atom stereocenters. The van der Waals surface area contributed by atoms with Crippen molar-refractivity contribution in [2.45, 2.75) is 123 Å². The molecule has 2 aliphatic heterocycles. The number of urea groups is 1. The van der Waals surface area contributed by atoms with Crippen molar-refractivity contribution in [2.75, 3.05) is 13.2 Å². The van der Waals surface area contributed by atoms with Crippen molar-refractivity contribution < 1.29 is 18.4 Å². The largest absolute Gasteiger partial charge is 0.414 e. The lowest BCUT2D eigenvalue weighted by Crippen LogP contribution is -2.53. The van der Waals surface area contributed by atoms with Crippen molar-refractivity contribution in [1.29, 1.82) is 0 Å². The van der Waals surface area contributed by atoms with Crippen LogP contribution in [0.2, 0.25) is 36.3 Å². The Labute approximate surface area is 216 Å². The second-order valence-electron chi connectivity index (χ2n) is 12.9. The number of rotatable bonds is 10. The van der Waals surface area contributed by atoms with Crippen molar-refractivity contribution in [3.63, 3.8) is 0 Å². The summed E-state index contributed by atoms with van der Waals surface area (Å²) in [6.07, 6.45) is 0.705. The van der Waals surface area contributed by atoms with E-state index < -0.39 is 16.6 Å². The summed E-state index contributed by atoms with van der Waals surface area (Å²) in [6, 6.07) is -0.170. The molecule has 1 N–H and O–H groups in total. The Morgan fingerprint density at radius 1 is 1.06 bits per heavy atom. The van der Waals surface area contributed by atoms with Crippen LogP contribution in [-0.2, 0) is 13.6 Å². The Balaban J connectivity index is 2.25. The van der Waals surface area contributed by atoms with Crippen molar-refractivity contribution in [2.24, 2.45) is 11.8 Å². The fourth-order valence-corrected chi connectivity index (χ4v) is 9.64. The summed E-state index contributed by atoms with van der Waals surface area (Å²) < 4.78 is 20.2. The summed E-state index contributed by atoms with van der Waals surface area (Å²) >= 11 is 5.20. The second kappa shape index (κ2) is 10.6. The van der Waals surface area contributed by atoms with E-state index in [0.717, 1.165) is 0 Å². The second-order valence-corrected chi connectivity index (χ2v) is 22.5. The van der Waals surface area contributed by atoms with E-state index in [1.807, 2.05) is 0 Å². The van der Waals surface area contributed by atoms with E-state index in [4.69, 9.17) is 25.8 Å². The summed E-state index contributed by atoms with van der Waals surface area (Å²) in [4.78, 5) is 15.0. The van der Waals surface area contributed by atoms with Gasteiger partial charge in [-0.1, -0.05) is 67.6 Å². The van der Waals surface area contributed by atoms with Gasteiger partial charge in [-0.2, -0.15) is 0 Å². The van der Waals surface area contributed by atoms with Crippen LogP contribution < -0.4 is 5.32 Å². The van der Waals surface area contributed by atoms with Crippen LogP contribution >= 0.6 is 12.2 Å². The molecule has 0 spiro atoms. The van der Waals surface area contributed by atoms with Gasteiger partial charge in [0.05, 0.1) is 17.7 Å². The van der Waals surface area contributed by atoms with E-state index in [0.29, 0.717) is 42.8 Å². The zero-order valence-electron chi connectivity index (χ0n) is 23.7. The van der Waals surface area contributed by atoms with Crippen LogP contribution in [0.4, 0.5) is 4.79 Å². The quantitative estimate of drug-likeness (QED) is 0.257. The van der Waals surface area contributed by atoms with E-state index in [1.165, 1.54) is 0 Å². The number of carbonyl (C=O) groups is 1. The fourth-order valence-electron chi connectivity index (χ4n) is 4.42. The van der Waals surface area contributed by atoms with Crippen molar-refractivity contribution in [3.05, 3.63) is 0 Å². The first-order valence-electron chi connectivity index (χ1n) is 12.9. The van der Waals surface area contributed by atoms with Crippen LogP contribution in [0.25, 0.3) is 0 Å². The summed E-state index contributed by atoms with van der Waals surface area (Å²) in [5.74, 6) is 1.03. The number of ether oxygens (including phenoxy) is 1. The number of thiocarbonyl (C=S) groups is 1. The average molecular weight is 531 g/mol. The van der Waals surface area contributed by atoms with Gasteiger partial charge in [-0.05, 0) is 48.1 Å². The molecular weight excluding hydrogens is 481 g/mol. The van der Waals surface area contributed by atoms with Gasteiger partial charge in [0.2, 0.25) is 0 Å². The predicted octanol–water partition coefficient (Wildman–Crippen LogP) is 6.53. The maximum atomic E-state index is 12.7. The van der Waals surface area contributed by atoms with Gasteiger partial charge >= 0.3 is 6.03 Å². The van der Waals surface area contributed by atoms with Gasteiger partial charge < -0.3 is 18.9 Å². The van der Waals surface area contributed by atoms with Crippen LogP contribution in [0.15, 0.2) is 0 Å². The predicted molar refractivity (Wildman–Crippen MR) is 149 cm³/mol. The molecular formula is C25H50N2O4SSi2. The molecule has 0 aromatic heterocycles. The summed E-state index contributed by atoms with van der Waals surface area (Å²) in [5, 5.41) is 3.01. The van der Waals surface area contributed by atoms with Crippen molar-refractivity contribution >= 4 is 39.9 Å². The van der Waals surface area contributed by atoms with Crippen LogP contribution in [0.5, 0.6) is 0 Å². The first kappa shape index (κ1) is 29.9. The normalized spacial score (nSPS) is 25.5. The van der Waals surface area contributed by atoms with Gasteiger partial charge in [0.15, 0.2) is 16.6 Å². The monoisotopic (exact) mass is 530 g/mol. The SMILES string of the molecule is CC(C)C(C)(C)[Si](C)(C)OC[C@H]1O[C@@H](N2CCC(=S)NC2=O)C[C@@H]1O[Si](C)(C)C(C)(C)C(C)C. The van der Waals surface area contributed by atoms with Gasteiger partial charge in [-0.25, -0.2) is 4.79 Å². The Bertz CT molecular complexity index is 755. The van der Waals surface area contributed by atoms with Crippen LogP contribution in [-0.4, -0.2) is 64.1 Å². The third-order valence-electron chi connectivity index (χ3n) is 9.66. The molecule has 0 bridgehead atoms. The summed E-state index contributed by atoms with van der Waals surface area (Å²) in [7, 11) is -4.12. The molecule has 2 amide bonds. The average Bonchev–Trinajstić information content (AvgIpc) is 3.07. The van der Waals surface area contributed by atoms with E-state index >= 15 is 0 Å². The maximum Gasteiger partial charge on any atom is 0.324 e. The molecule has 6 nitrogen and oxygen atoms in total. The van der Waals surface area contributed by atoms with Gasteiger partial charge in [-0.3, -0.25) is 4.90 Å². The molecule has 2 rings (SSSR count). The topological polar surface area (TPSA) is 60.0 Å². The highest BCUT2D eigenvalue weighted by atomic mass is 32.1. The van der Waals surface area contributed by atoms with Crippen LogP contribution in [0, 0.1) is 11.8 Å². The Kier molecular flexibility index (Phi) is 9.30. The molecule has 2 saturated heterocycles. The molecule has 2 heterocycles. The van der Waals surface area contributed by atoms with Gasteiger partial charge in [0.25, 0.3) is 0 Å². The molecule has 0 unspecified atom stereocenters. The number of amides is 2. The lowest BCUT2D eigenvalue weighted by molar-refractivity contribution is -0.0609. The van der Waals surface area contributed by atoms with Gasteiger partial charge in [0, 0.05) is 19.4 Å². The highest BCUT2D eigenvalue weighted by Gasteiger charge is 2.50. The molecule has 0 radical (unpaired) electrons. The van der Waals surface area contributed by atoms with Crippen molar-refractivity contribution in [3.8, 4) is 0 Å². The third kappa shape index (κ3) is 6.14. The molecule has 0 aliphatic carbocycles. The lowest BCUT2D eigenvalue weighted by Gasteiger charge is -2.45. The summed E-state index contributed by atoms with van der Waals surface area (Å²) in [6.45, 7) is 28.7. The Morgan fingerprint density at radius 3 is 2.09 bits per heavy atom. The molecule has 2 aliphatic rings. The number of nitrogens with one attached hydrogen (secondary N) is 1. The molecule has 0 aromatic rings. The molecule has 34 heavy (non-hydrogen) atoms. The Morgan fingerprint density at radius 2 is 1.59 bits per heavy atom. The van der Waals surface area contributed by atoms with Gasteiger partial charge in [0.1, 0.15) is 12.3 Å². The molecule has 198 valence electrons. The summed E-state index contributed by atoms with van der Waals surface area (Å²) in [5.41, 5.74) is 0. The zero-order chi connectivity index (χ0) is 26.3. The number of hydrogen-bond donors (Lipinski definition) is 1. The lowest BCUT2D eigenvalue weighted by atomic mass is 9.99. The molecule has 9 heteroatoms. The minimum absolute atomic E-state index is 0.0961. The molecule has 2 fully saturated rings. The highest BCUT2D eigenvalue weighted by Crippen LogP contribution is 2.47. The van der Waals surface area contributed by atoms with E-state index in [-0.39, 0.29) is 34.5 Å². The fraction of sp³-hybridized carbons (Fsp3) is 0.920. The number of carbonyl (C=O) groups excluding carboxylic acids is 1.